The van der Waals surface area contributed by atoms with Gasteiger partial charge in [0.2, 0.25) is 5.69 Å². The molecule has 1 aromatic rings. The van der Waals surface area contributed by atoms with Gasteiger partial charge in [0.15, 0.2) is 6.23 Å². The first-order valence-electron chi connectivity index (χ1n) is 5.72. The quantitative estimate of drug-likeness (QED) is 0.319. The van der Waals surface area contributed by atoms with Crippen molar-refractivity contribution in [3.63, 3.8) is 0 Å². The van der Waals surface area contributed by atoms with E-state index in [9.17, 15) is 24.7 Å². The topological polar surface area (TPSA) is 134 Å². The summed E-state index contributed by atoms with van der Waals surface area (Å²) in [4.78, 5) is 33.9. The van der Waals surface area contributed by atoms with Crippen LogP contribution in [0.1, 0.15) is 6.23 Å². The molecule has 12 heteroatoms. The molecule has 0 spiro atoms. The second-order valence-electron chi connectivity index (χ2n) is 4.35. The number of aromatic nitrogens is 2. The highest BCUT2D eigenvalue weighted by atomic mass is 32.9. The van der Waals surface area contributed by atoms with E-state index in [0.29, 0.717) is 0 Å². The molecule has 4 N–H and O–H groups in total. The Bertz CT molecular complexity index is 671. The molecule has 0 saturated carbocycles. The average Bonchev–Trinajstić information content (AvgIpc) is 2.64. The SMILES string of the molecule is O=c1ccn([C@@H]2O[C@H](COP(O)(=S)S)[C@H](O)C2O)c(=O)[nH]1. The number of aliphatic hydroxyl groups is 2. The summed E-state index contributed by atoms with van der Waals surface area (Å²) in [6, 6.07) is 1.08. The Morgan fingerprint density at radius 2 is 2.14 bits per heavy atom. The van der Waals surface area contributed by atoms with Gasteiger partial charge in [0.25, 0.3) is 5.56 Å². The zero-order valence-corrected chi connectivity index (χ0v) is 13.0. The summed E-state index contributed by atoms with van der Waals surface area (Å²) < 4.78 is 11.1. The molecule has 0 bridgehead atoms. The second kappa shape index (κ2) is 6.31. The lowest BCUT2D eigenvalue weighted by atomic mass is 10.1. The number of nitrogens with one attached hydrogen (secondary N) is 1. The molecule has 0 radical (unpaired) electrons. The second-order valence-corrected chi connectivity index (χ2v) is 9.51. The summed E-state index contributed by atoms with van der Waals surface area (Å²) in [6.07, 6.45) is -3.85. The van der Waals surface area contributed by atoms with Crippen molar-refractivity contribution in [3.05, 3.63) is 33.1 Å². The van der Waals surface area contributed by atoms with Gasteiger partial charge in [-0.1, -0.05) is 12.2 Å². The third-order valence-corrected chi connectivity index (χ3v) is 4.02. The lowest BCUT2D eigenvalue weighted by Gasteiger charge is -2.17. The number of thiol groups is 1. The summed E-state index contributed by atoms with van der Waals surface area (Å²) >= 11 is 8.22. The van der Waals surface area contributed by atoms with Crippen molar-refractivity contribution in [3.8, 4) is 0 Å². The lowest BCUT2D eigenvalue weighted by molar-refractivity contribution is -0.0511. The van der Waals surface area contributed by atoms with Crippen LogP contribution in [-0.2, 0) is 21.1 Å². The molecule has 0 amide bonds. The first-order valence-corrected chi connectivity index (χ1v) is 9.55. The van der Waals surface area contributed by atoms with Crippen LogP contribution in [0.25, 0.3) is 0 Å². The monoisotopic (exact) mass is 356 g/mol. The molecule has 2 unspecified atom stereocenters. The Morgan fingerprint density at radius 3 is 2.71 bits per heavy atom. The normalized spacial score (nSPS) is 32.0. The van der Waals surface area contributed by atoms with Crippen molar-refractivity contribution in [1.82, 2.24) is 9.55 Å². The minimum Gasteiger partial charge on any atom is -0.387 e. The number of rotatable bonds is 4. The van der Waals surface area contributed by atoms with Gasteiger partial charge in [-0.3, -0.25) is 14.3 Å². The standard InChI is InChI=1S/C9H13N2O7PS2/c12-5-1-2-11(9(15)10-5)8-7(14)6(13)4(18-8)3-17-19(16,20)21/h1-2,4,6-8,13-14H,3H2,(H,10,12,15)(H2,16,20,21)/t4-,6+,7?,8-/m1/s1. The fraction of sp³-hybridized carbons (Fsp3) is 0.556. The molecule has 1 aliphatic rings. The Morgan fingerprint density at radius 1 is 1.48 bits per heavy atom. The fourth-order valence-electron chi connectivity index (χ4n) is 1.89. The molecule has 2 heterocycles. The molecule has 1 saturated heterocycles. The highest BCUT2D eigenvalue weighted by Crippen LogP contribution is 2.47. The number of hydrogen-bond donors (Lipinski definition) is 5. The van der Waals surface area contributed by atoms with Crippen LogP contribution in [0.15, 0.2) is 21.9 Å². The van der Waals surface area contributed by atoms with E-state index < -0.39 is 41.5 Å². The Labute approximate surface area is 128 Å². The van der Waals surface area contributed by atoms with Crippen LogP contribution >= 0.6 is 17.9 Å². The summed E-state index contributed by atoms with van der Waals surface area (Å²) in [5.41, 5.74) is -4.62. The van der Waals surface area contributed by atoms with Gasteiger partial charge in [-0.2, -0.15) is 0 Å². The van der Waals surface area contributed by atoms with E-state index in [2.05, 4.69) is 24.1 Å². The van der Waals surface area contributed by atoms with Crippen LogP contribution < -0.4 is 11.2 Å². The van der Waals surface area contributed by atoms with Crippen molar-refractivity contribution in [2.75, 3.05) is 6.61 Å². The summed E-state index contributed by atoms with van der Waals surface area (Å²) in [5.74, 6) is 0. The maximum Gasteiger partial charge on any atom is 0.330 e. The van der Waals surface area contributed by atoms with E-state index in [4.69, 9.17) is 9.26 Å². The molecule has 2 rings (SSSR count). The van der Waals surface area contributed by atoms with E-state index in [0.717, 1.165) is 16.8 Å². The molecule has 0 aliphatic carbocycles. The summed E-state index contributed by atoms with van der Waals surface area (Å²) in [5, 5.41) is 19.8. The summed E-state index contributed by atoms with van der Waals surface area (Å²) in [7, 11) is 0. The molecule has 9 nitrogen and oxygen atoms in total. The van der Waals surface area contributed by atoms with Crippen LogP contribution in [0.5, 0.6) is 0 Å². The van der Waals surface area contributed by atoms with Gasteiger partial charge in [0.05, 0.1) is 6.61 Å². The van der Waals surface area contributed by atoms with Crippen molar-refractivity contribution >= 4 is 29.7 Å². The molecule has 1 fully saturated rings. The Hall–Kier alpha value is -0.520. The van der Waals surface area contributed by atoms with Gasteiger partial charge in [-0.25, -0.2) is 4.79 Å². The number of aromatic amines is 1. The highest BCUT2D eigenvalue weighted by Gasteiger charge is 2.44. The maximum absolute atomic E-state index is 11.6. The molecule has 1 aromatic heterocycles. The lowest BCUT2D eigenvalue weighted by Crippen LogP contribution is -2.37. The highest BCUT2D eigenvalue weighted by molar-refractivity contribution is 8.59. The van der Waals surface area contributed by atoms with Crippen LogP contribution in [-0.4, -0.2) is 49.6 Å². The number of ether oxygens (including phenoxy) is 1. The molecule has 0 aromatic carbocycles. The zero-order valence-electron chi connectivity index (χ0n) is 10.4. The van der Waals surface area contributed by atoms with Crippen molar-refractivity contribution in [1.29, 1.82) is 0 Å². The van der Waals surface area contributed by atoms with Crippen molar-refractivity contribution in [2.24, 2.45) is 0 Å². The predicted octanol–water partition coefficient (Wildman–Crippen LogP) is -1.68. The van der Waals surface area contributed by atoms with Gasteiger partial charge in [-0.15, -0.1) is 0 Å². The van der Waals surface area contributed by atoms with E-state index >= 15 is 0 Å². The minimum atomic E-state index is -3.23. The minimum absolute atomic E-state index is 0.301. The van der Waals surface area contributed by atoms with Crippen LogP contribution in [0.3, 0.4) is 0 Å². The Balaban J connectivity index is 2.18. The summed E-state index contributed by atoms with van der Waals surface area (Å²) in [6.45, 7) is -0.301. The largest absolute Gasteiger partial charge is 0.387 e. The zero-order chi connectivity index (χ0) is 15.8. The van der Waals surface area contributed by atoms with Crippen LogP contribution in [0.4, 0.5) is 0 Å². The van der Waals surface area contributed by atoms with Gasteiger partial charge < -0.3 is 24.4 Å². The fourth-order valence-corrected chi connectivity index (χ4v) is 2.62. The number of hydrogen-bond acceptors (Lipinski definition) is 7. The smallest absolute Gasteiger partial charge is 0.330 e. The van der Waals surface area contributed by atoms with Crippen LogP contribution in [0.2, 0.25) is 0 Å². The van der Waals surface area contributed by atoms with Crippen LogP contribution in [0, 0.1) is 0 Å². The number of aliphatic hydroxyl groups excluding tert-OH is 2. The van der Waals surface area contributed by atoms with Gasteiger partial charge >= 0.3 is 5.69 Å². The van der Waals surface area contributed by atoms with Crippen molar-refractivity contribution in [2.45, 2.75) is 24.5 Å². The Kier molecular flexibility index (Phi) is 5.06. The van der Waals surface area contributed by atoms with E-state index in [1.54, 1.807) is 0 Å². The molecule has 1 aliphatic heterocycles. The molecule has 5 atom stereocenters. The van der Waals surface area contributed by atoms with E-state index in [1.807, 2.05) is 4.98 Å². The molecule has 118 valence electrons. The third kappa shape index (κ3) is 4.02. The van der Waals surface area contributed by atoms with E-state index in [1.165, 1.54) is 0 Å². The van der Waals surface area contributed by atoms with Gasteiger partial charge in [0, 0.05) is 12.3 Å². The molecule has 21 heavy (non-hydrogen) atoms. The van der Waals surface area contributed by atoms with Gasteiger partial charge in [0.1, 0.15) is 18.3 Å². The van der Waals surface area contributed by atoms with E-state index in [-0.39, 0.29) is 6.61 Å². The number of nitrogens with zero attached hydrogens (tertiary/aromatic N) is 1. The average molecular weight is 356 g/mol. The van der Waals surface area contributed by atoms with Crippen molar-refractivity contribution < 1.29 is 24.4 Å². The number of H-pyrrole nitrogens is 1. The molecular formula is C9H13N2O7PS2. The maximum atomic E-state index is 11.6. The van der Waals surface area contributed by atoms with Gasteiger partial charge in [-0.05, 0) is 11.8 Å². The predicted molar refractivity (Wildman–Crippen MR) is 78.7 cm³/mol. The first-order chi connectivity index (χ1) is 9.69. The first kappa shape index (κ1) is 16.8. The third-order valence-electron chi connectivity index (χ3n) is 2.87. The molecular weight excluding hydrogens is 343 g/mol.